The fourth-order valence-corrected chi connectivity index (χ4v) is 2.93. The van der Waals surface area contributed by atoms with E-state index in [1.165, 1.54) is 11.8 Å². The third kappa shape index (κ3) is 4.45. The first kappa shape index (κ1) is 16.8. The number of benzene rings is 2. The van der Waals surface area contributed by atoms with E-state index in [1.807, 2.05) is 12.1 Å². The number of carbonyl (C=O) groups is 1. The predicted molar refractivity (Wildman–Crippen MR) is 86.4 cm³/mol. The lowest BCUT2D eigenvalue weighted by Gasteiger charge is -2.09. The molecule has 0 spiro atoms. The van der Waals surface area contributed by atoms with Crippen LogP contribution in [-0.4, -0.2) is 18.8 Å². The van der Waals surface area contributed by atoms with Gasteiger partial charge in [-0.2, -0.15) is 0 Å². The first-order chi connectivity index (χ1) is 10.5. The van der Waals surface area contributed by atoms with Gasteiger partial charge in [-0.1, -0.05) is 6.07 Å². The number of halogens is 3. The summed E-state index contributed by atoms with van der Waals surface area (Å²) in [5, 5.41) is 2.42. The van der Waals surface area contributed by atoms with Gasteiger partial charge in [0.05, 0.1) is 18.6 Å². The standard InChI is InChI=1S/C15H12BrF2NO2S/c1-21-10-3-2-4-11(7-10)22-8-14(20)19-15-12(16)5-9(17)6-13(15)18/h2-7H,8H2,1H3,(H,19,20). The van der Waals surface area contributed by atoms with Crippen LogP contribution < -0.4 is 10.1 Å². The van der Waals surface area contributed by atoms with Gasteiger partial charge < -0.3 is 10.1 Å². The highest BCUT2D eigenvalue weighted by atomic mass is 79.9. The van der Waals surface area contributed by atoms with Crippen molar-refractivity contribution in [2.24, 2.45) is 0 Å². The zero-order valence-electron chi connectivity index (χ0n) is 11.5. The maximum Gasteiger partial charge on any atom is 0.234 e. The highest BCUT2D eigenvalue weighted by Gasteiger charge is 2.13. The fraction of sp³-hybridized carbons (Fsp3) is 0.133. The van der Waals surface area contributed by atoms with E-state index >= 15 is 0 Å². The van der Waals surface area contributed by atoms with Gasteiger partial charge in [-0.05, 0) is 40.2 Å². The summed E-state index contributed by atoms with van der Waals surface area (Å²) < 4.78 is 31.9. The molecule has 0 aliphatic rings. The van der Waals surface area contributed by atoms with Gasteiger partial charge in [-0.25, -0.2) is 8.78 Å². The van der Waals surface area contributed by atoms with Crippen LogP contribution in [-0.2, 0) is 4.79 Å². The Morgan fingerprint density at radius 2 is 2.09 bits per heavy atom. The third-order valence-corrected chi connectivity index (χ3v) is 4.30. The second-order valence-corrected chi connectivity index (χ2v) is 6.16. The van der Waals surface area contributed by atoms with E-state index in [0.717, 1.165) is 17.0 Å². The summed E-state index contributed by atoms with van der Waals surface area (Å²) in [5.41, 5.74) is -0.0716. The lowest BCUT2D eigenvalue weighted by molar-refractivity contribution is -0.113. The molecule has 3 nitrogen and oxygen atoms in total. The first-order valence-corrected chi connectivity index (χ1v) is 7.98. The first-order valence-electron chi connectivity index (χ1n) is 6.21. The summed E-state index contributed by atoms with van der Waals surface area (Å²) in [4.78, 5) is 12.7. The Labute approximate surface area is 139 Å². The zero-order chi connectivity index (χ0) is 16.1. The molecule has 7 heteroatoms. The summed E-state index contributed by atoms with van der Waals surface area (Å²) in [6, 6.07) is 9.06. The lowest BCUT2D eigenvalue weighted by Crippen LogP contribution is -2.15. The van der Waals surface area contributed by atoms with Gasteiger partial charge in [0.2, 0.25) is 5.91 Å². The van der Waals surface area contributed by atoms with Gasteiger partial charge in [-0.3, -0.25) is 4.79 Å². The summed E-state index contributed by atoms with van der Waals surface area (Å²) in [7, 11) is 1.56. The number of hydrogen-bond acceptors (Lipinski definition) is 3. The Kier molecular flexibility index (Phi) is 5.79. The highest BCUT2D eigenvalue weighted by Crippen LogP contribution is 2.28. The van der Waals surface area contributed by atoms with Crippen LogP contribution in [0, 0.1) is 11.6 Å². The van der Waals surface area contributed by atoms with Crippen LogP contribution in [0.4, 0.5) is 14.5 Å². The quantitative estimate of drug-likeness (QED) is 0.769. The topological polar surface area (TPSA) is 38.3 Å². The molecule has 0 radical (unpaired) electrons. The van der Waals surface area contributed by atoms with Crippen molar-refractivity contribution in [3.8, 4) is 5.75 Å². The number of carbonyl (C=O) groups excluding carboxylic acids is 1. The summed E-state index contributed by atoms with van der Waals surface area (Å²) in [5.74, 6) is -1.15. The van der Waals surface area contributed by atoms with E-state index in [4.69, 9.17) is 4.74 Å². The van der Waals surface area contributed by atoms with Crippen LogP contribution >= 0.6 is 27.7 Å². The number of nitrogens with one attached hydrogen (secondary N) is 1. The predicted octanol–water partition coefficient (Wildman–Crippen LogP) is 4.47. The van der Waals surface area contributed by atoms with Gasteiger partial charge in [0, 0.05) is 15.4 Å². The summed E-state index contributed by atoms with van der Waals surface area (Å²) >= 11 is 4.31. The average molecular weight is 388 g/mol. The number of amides is 1. The van der Waals surface area contributed by atoms with Crippen molar-refractivity contribution in [3.05, 3.63) is 52.5 Å². The van der Waals surface area contributed by atoms with Crippen LogP contribution in [0.1, 0.15) is 0 Å². The fourth-order valence-electron chi connectivity index (χ4n) is 1.68. The van der Waals surface area contributed by atoms with Crippen molar-refractivity contribution < 1.29 is 18.3 Å². The Bertz CT molecular complexity index is 674. The van der Waals surface area contributed by atoms with E-state index in [2.05, 4.69) is 21.2 Å². The van der Waals surface area contributed by atoms with E-state index in [0.29, 0.717) is 5.75 Å². The van der Waals surface area contributed by atoms with Crippen molar-refractivity contribution in [1.29, 1.82) is 0 Å². The van der Waals surface area contributed by atoms with E-state index in [1.54, 1.807) is 19.2 Å². The third-order valence-electron chi connectivity index (χ3n) is 2.68. The number of ether oxygens (including phenoxy) is 1. The lowest BCUT2D eigenvalue weighted by atomic mass is 10.3. The molecule has 0 aliphatic heterocycles. The van der Waals surface area contributed by atoms with Crippen molar-refractivity contribution in [3.63, 3.8) is 0 Å². The van der Waals surface area contributed by atoms with Crippen molar-refractivity contribution in [2.75, 3.05) is 18.2 Å². The molecule has 2 aromatic rings. The molecule has 0 saturated heterocycles. The molecule has 0 heterocycles. The highest BCUT2D eigenvalue weighted by molar-refractivity contribution is 9.10. The molecule has 0 aliphatic carbocycles. The largest absolute Gasteiger partial charge is 0.497 e. The molecule has 1 N–H and O–H groups in total. The van der Waals surface area contributed by atoms with E-state index in [9.17, 15) is 13.6 Å². The number of hydrogen-bond donors (Lipinski definition) is 1. The second kappa shape index (κ2) is 7.60. The number of methoxy groups -OCH3 is 1. The smallest absolute Gasteiger partial charge is 0.234 e. The molecule has 0 fully saturated rings. The van der Waals surface area contributed by atoms with Crippen LogP contribution in [0.5, 0.6) is 5.75 Å². The van der Waals surface area contributed by atoms with Gasteiger partial charge >= 0.3 is 0 Å². The molecule has 0 unspecified atom stereocenters. The molecule has 116 valence electrons. The van der Waals surface area contributed by atoms with Gasteiger partial charge in [0.1, 0.15) is 11.6 Å². The van der Waals surface area contributed by atoms with Gasteiger partial charge in [-0.15, -0.1) is 11.8 Å². The Morgan fingerprint density at radius 3 is 2.77 bits per heavy atom. The normalized spacial score (nSPS) is 10.4. The molecule has 0 saturated carbocycles. The molecule has 2 aromatic carbocycles. The van der Waals surface area contributed by atoms with E-state index < -0.39 is 11.6 Å². The minimum Gasteiger partial charge on any atom is -0.497 e. The second-order valence-electron chi connectivity index (χ2n) is 4.26. The maximum atomic E-state index is 13.6. The molecular formula is C15H12BrF2NO2S. The summed E-state index contributed by atoms with van der Waals surface area (Å²) in [6.45, 7) is 0. The van der Waals surface area contributed by atoms with Crippen molar-refractivity contribution in [1.82, 2.24) is 0 Å². The summed E-state index contributed by atoms with van der Waals surface area (Å²) in [6.07, 6.45) is 0. The van der Waals surface area contributed by atoms with Crippen LogP contribution in [0.3, 0.4) is 0 Å². The van der Waals surface area contributed by atoms with Crippen molar-refractivity contribution >= 4 is 39.3 Å². The van der Waals surface area contributed by atoms with Crippen molar-refractivity contribution in [2.45, 2.75) is 4.90 Å². The average Bonchev–Trinajstić information content (AvgIpc) is 2.49. The Hall–Kier alpha value is -1.60. The minimum absolute atomic E-state index is 0.0716. The molecular weight excluding hydrogens is 376 g/mol. The van der Waals surface area contributed by atoms with E-state index in [-0.39, 0.29) is 21.8 Å². The van der Waals surface area contributed by atoms with Gasteiger partial charge in [0.25, 0.3) is 0 Å². The minimum atomic E-state index is -0.827. The molecule has 1 amide bonds. The Balaban J connectivity index is 1.99. The molecule has 0 bridgehead atoms. The number of thioether (sulfide) groups is 1. The molecule has 0 aromatic heterocycles. The Morgan fingerprint density at radius 1 is 1.32 bits per heavy atom. The molecule has 2 rings (SSSR count). The zero-order valence-corrected chi connectivity index (χ0v) is 13.9. The van der Waals surface area contributed by atoms with Gasteiger partial charge in [0.15, 0.2) is 5.82 Å². The number of anilines is 1. The molecule has 22 heavy (non-hydrogen) atoms. The van der Waals surface area contributed by atoms with Crippen LogP contribution in [0.25, 0.3) is 0 Å². The monoisotopic (exact) mass is 387 g/mol. The maximum absolute atomic E-state index is 13.6. The SMILES string of the molecule is COc1cccc(SCC(=O)Nc2c(F)cc(F)cc2Br)c1. The molecule has 0 atom stereocenters. The van der Waals surface area contributed by atoms with Crippen LogP contribution in [0.15, 0.2) is 45.8 Å². The number of rotatable bonds is 5. The van der Waals surface area contributed by atoms with Crippen LogP contribution in [0.2, 0.25) is 0 Å².